The fraction of sp³-hybridized carbons (Fsp3) is 0. The van der Waals surface area contributed by atoms with E-state index in [1.807, 2.05) is 0 Å². The van der Waals surface area contributed by atoms with Crippen LogP contribution in [0.25, 0.3) is 11.3 Å². The summed E-state index contributed by atoms with van der Waals surface area (Å²) >= 11 is 0. The number of aromatic nitrogens is 2. The maximum absolute atomic E-state index is 10.6. The van der Waals surface area contributed by atoms with Gasteiger partial charge in [-0.15, -0.1) is 0 Å². The molecule has 0 aliphatic carbocycles. The second-order valence-corrected chi connectivity index (χ2v) is 3.13. The van der Waals surface area contributed by atoms with Gasteiger partial charge < -0.3 is 5.73 Å². The lowest BCUT2D eigenvalue weighted by molar-refractivity contribution is -0.384. The van der Waals surface area contributed by atoms with Crippen LogP contribution in [0.1, 0.15) is 0 Å². The number of nitrogen functional groups attached to an aromatic ring is 1. The number of nitrogens with two attached hydrogens (primary N) is 1. The van der Waals surface area contributed by atoms with Gasteiger partial charge in [0.2, 0.25) is 0 Å². The molecule has 0 amide bonds. The lowest BCUT2D eigenvalue weighted by Crippen LogP contribution is -1.96. The minimum Gasteiger partial charge on any atom is -0.383 e. The Kier molecular flexibility index (Phi) is 2.47. The molecule has 0 fully saturated rings. The van der Waals surface area contributed by atoms with Gasteiger partial charge in [-0.3, -0.25) is 15.1 Å². The Bertz CT molecular complexity index is 528. The van der Waals surface area contributed by atoms with E-state index < -0.39 is 4.92 Å². The lowest BCUT2D eigenvalue weighted by atomic mass is 10.1. The fourth-order valence-electron chi connectivity index (χ4n) is 1.31. The van der Waals surface area contributed by atoms with Crippen molar-refractivity contribution >= 4 is 11.5 Å². The van der Waals surface area contributed by atoms with Crippen molar-refractivity contribution in [2.45, 2.75) is 0 Å². The molecular formula is C10H8N4O2. The number of nitro groups is 1. The van der Waals surface area contributed by atoms with Crippen LogP contribution in [0.4, 0.5) is 11.5 Å². The highest BCUT2D eigenvalue weighted by molar-refractivity contribution is 5.64. The average Bonchev–Trinajstić information content (AvgIpc) is 2.29. The first-order valence-electron chi connectivity index (χ1n) is 4.49. The summed E-state index contributed by atoms with van der Waals surface area (Å²) < 4.78 is 0. The molecule has 0 saturated carbocycles. The highest BCUT2D eigenvalue weighted by atomic mass is 16.6. The summed E-state index contributed by atoms with van der Waals surface area (Å²) in [5.41, 5.74) is 6.64. The van der Waals surface area contributed by atoms with Gasteiger partial charge in [-0.1, -0.05) is 0 Å². The Hall–Kier alpha value is -2.50. The maximum Gasteiger partial charge on any atom is 0.275 e. The summed E-state index contributed by atoms with van der Waals surface area (Å²) in [4.78, 5) is 18.0. The molecule has 0 unspecified atom stereocenters. The molecule has 0 saturated heterocycles. The normalized spacial score (nSPS) is 10.0. The van der Waals surface area contributed by atoms with Gasteiger partial charge in [-0.2, -0.15) is 0 Å². The number of hydrogen-bond acceptors (Lipinski definition) is 5. The van der Waals surface area contributed by atoms with Crippen molar-refractivity contribution in [3.63, 3.8) is 0 Å². The van der Waals surface area contributed by atoms with E-state index in [-0.39, 0.29) is 11.5 Å². The number of pyridine rings is 2. The first-order chi connectivity index (χ1) is 7.66. The summed E-state index contributed by atoms with van der Waals surface area (Å²) in [7, 11) is 0. The van der Waals surface area contributed by atoms with Gasteiger partial charge in [0.15, 0.2) is 0 Å². The zero-order valence-corrected chi connectivity index (χ0v) is 8.20. The molecule has 0 aliphatic heterocycles. The Morgan fingerprint density at radius 2 is 1.94 bits per heavy atom. The average molecular weight is 216 g/mol. The van der Waals surface area contributed by atoms with Crippen molar-refractivity contribution in [2.24, 2.45) is 0 Å². The molecular weight excluding hydrogens is 208 g/mol. The minimum atomic E-state index is -0.497. The van der Waals surface area contributed by atoms with Crippen molar-refractivity contribution in [1.82, 2.24) is 9.97 Å². The predicted octanol–water partition coefficient (Wildman–Crippen LogP) is 1.63. The molecule has 0 radical (unpaired) electrons. The van der Waals surface area contributed by atoms with Gasteiger partial charge in [0.05, 0.1) is 16.7 Å². The number of anilines is 1. The molecule has 2 rings (SSSR count). The highest BCUT2D eigenvalue weighted by Crippen LogP contribution is 2.23. The maximum atomic E-state index is 10.6. The molecule has 0 bridgehead atoms. The van der Waals surface area contributed by atoms with E-state index in [0.717, 1.165) is 5.56 Å². The van der Waals surface area contributed by atoms with Crippen LogP contribution in [-0.4, -0.2) is 14.9 Å². The quantitative estimate of drug-likeness (QED) is 0.608. The molecule has 0 spiro atoms. The first kappa shape index (κ1) is 10.0. The van der Waals surface area contributed by atoms with Crippen molar-refractivity contribution in [3.05, 3.63) is 46.8 Å². The largest absolute Gasteiger partial charge is 0.383 e. The molecule has 0 atom stereocenters. The van der Waals surface area contributed by atoms with Gasteiger partial charge in [-0.05, 0) is 12.1 Å². The lowest BCUT2D eigenvalue weighted by Gasteiger charge is -2.01. The van der Waals surface area contributed by atoms with Crippen LogP contribution in [0.2, 0.25) is 0 Å². The molecule has 2 aromatic heterocycles. The smallest absolute Gasteiger partial charge is 0.275 e. The number of rotatable bonds is 2. The van der Waals surface area contributed by atoms with Crippen LogP contribution in [-0.2, 0) is 0 Å². The Morgan fingerprint density at radius 1 is 1.25 bits per heavy atom. The van der Waals surface area contributed by atoms with Crippen LogP contribution in [0.5, 0.6) is 0 Å². The molecule has 2 aromatic rings. The summed E-state index contributed by atoms with van der Waals surface area (Å²) in [6.45, 7) is 0. The van der Waals surface area contributed by atoms with Gasteiger partial charge in [-0.25, -0.2) is 4.98 Å². The fourth-order valence-corrected chi connectivity index (χ4v) is 1.31. The van der Waals surface area contributed by atoms with E-state index in [1.54, 1.807) is 24.5 Å². The molecule has 6 heteroatoms. The second kappa shape index (κ2) is 3.93. The molecule has 2 N–H and O–H groups in total. The summed E-state index contributed by atoms with van der Waals surface area (Å²) in [6.07, 6.45) is 3.18. The van der Waals surface area contributed by atoms with Crippen molar-refractivity contribution in [1.29, 1.82) is 0 Å². The van der Waals surface area contributed by atoms with E-state index in [4.69, 9.17) is 5.73 Å². The topological polar surface area (TPSA) is 94.9 Å². The Morgan fingerprint density at radius 3 is 2.56 bits per heavy atom. The first-order valence-corrected chi connectivity index (χ1v) is 4.49. The summed E-state index contributed by atoms with van der Waals surface area (Å²) in [6, 6.07) is 6.04. The van der Waals surface area contributed by atoms with Gasteiger partial charge in [0.1, 0.15) is 5.82 Å². The van der Waals surface area contributed by atoms with Crippen LogP contribution in [0.15, 0.2) is 36.7 Å². The van der Waals surface area contributed by atoms with Crippen LogP contribution >= 0.6 is 0 Å². The molecule has 2 heterocycles. The van der Waals surface area contributed by atoms with Crippen molar-refractivity contribution in [2.75, 3.05) is 5.73 Å². The van der Waals surface area contributed by atoms with Gasteiger partial charge in [0.25, 0.3) is 5.69 Å². The SMILES string of the molecule is Nc1cc([N+](=O)[O-])cc(-c2ccncc2)n1. The molecule has 6 nitrogen and oxygen atoms in total. The second-order valence-electron chi connectivity index (χ2n) is 3.13. The Balaban J connectivity index is 2.54. The minimum absolute atomic E-state index is 0.0701. The zero-order chi connectivity index (χ0) is 11.5. The Labute approximate surface area is 90.9 Å². The van der Waals surface area contributed by atoms with Crippen LogP contribution < -0.4 is 5.73 Å². The monoisotopic (exact) mass is 216 g/mol. The number of hydrogen-bond donors (Lipinski definition) is 1. The zero-order valence-electron chi connectivity index (χ0n) is 8.20. The van der Waals surface area contributed by atoms with Gasteiger partial charge in [0, 0.05) is 24.0 Å². The van der Waals surface area contributed by atoms with Crippen LogP contribution in [0, 0.1) is 10.1 Å². The van der Waals surface area contributed by atoms with E-state index in [2.05, 4.69) is 9.97 Å². The van der Waals surface area contributed by atoms with E-state index in [1.165, 1.54) is 12.1 Å². The van der Waals surface area contributed by atoms with Crippen molar-refractivity contribution < 1.29 is 4.92 Å². The standard InChI is InChI=1S/C10H8N4O2/c11-10-6-8(14(15)16)5-9(13-10)7-1-3-12-4-2-7/h1-6H,(H2,11,13). The molecule has 0 aliphatic rings. The van der Waals surface area contributed by atoms with Gasteiger partial charge >= 0.3 is 0 Å². The van der Waals surface area contributed by atoms with Crippen molar-refractivity contribution in [3.8, 4) is 11.3 Å². The molecule has 16 heavy (non-hydrogen) atoms. The predicted molar refractivity (Wildman–Crippen MR) is 58.5 cm³/mol. The highest BCUT2D eigenvalue weighted by Gasteiger charge is 2.10. The number of nitrogens with zero attached hydrogens (tertiary/aromatic N) is 3. The molecule has 0 aromatic carbocycles. The third-order valence-electron chi connectivity index (χ3n) is 2.02. The summed E-state index contributed by atoms with van der Waals surface area (Å²) in [5.74, 6) is 0.126. The van der Waals surface area contributed by atoms with E-state index >= 15 is 0 Å². The summed E-state index contributed by atoms with van der Waals surface area (Å²) in [5, 5.41) is 10.6. The van der Waals surface area contributed by atoms with Crippen LogP contribution in [0.3, 0.4) is 0 Å². The third kappa shape index (κ3) is 1.95. The third-order valence-corrected chi connectivity index (χ3v) is 2.02. The van der Waals surface area contributed by atoms with E-state index in [9.17, 15) is 10.1 Å². The van der Waals surface area contributed by atoms with E-state index in [0.29, 0.717) is 5.69 Å². The molecule has 80 valence electrons.